The Labute approximate surface area is 533 Å². The number of hydrogen-bond acceptors (Lipinski definition) is 4. The number of hydrogen-bond donors (Lipinski definition) is 0. The predicted molar refractivity (Wildman–Crippen MR) is 372 cm³/mol. The molecule has 2 aromatic heterocycles. The molecule has 0 bridgehead atoms. The highest BCUT2D eigenvalue weighted by atomic mass is 16.5. The third kappa shape index (κ3) is 10.9. The minimum Gasteiger partial charge on any atom is -0.457 e. The molecule has 0 saturated heterocycles. The van der Waals surface area contributed by atoms with Crippen molar-refractivity contribution in [2.75, 3.05) is 16.5 Å². The molecule has 10 aromatic rings. The number of aromatic nitrogens is 2. The number of ether oxygens (including phenoxy) is 1. The van der Waals surface area contributed by atoms with Crippen molar-refractivity contribution in [2.24, 2.45) is 0 Å². The lowest BCUT2D eigenvalue weighted by Crippen LogP contribution is -2.34. The molecule has 87 heavy (non-hydrogen) atoms. The van der Waals surface area contributed by atoms with Crippen molar-refractivity contribution in [1.82, 2.24) is 9.55 Å². The molecule has 0 unspecified atom stereocenters. The molecular formula is C82H92N4O. The van der Waals surface area contributed by atoms with Gasteiger partial charge in [0.2, 0.25) is 0 Å². The van der Waals surface area contributed by atoms with Crippen LogP contribution in [0.4, 0.5) is 22.7 Å². The second-order valence-corrected chi connectivity index (χ2v) is 31.1. The van der Waals surface area contributed by atoms with Gasteiger partial charge in [-0.3, -0.25) is 4.57 Å². The molecular weight excluding hydrogens is 1060 g/mol. The summed E-state index contributed by atoms with van der Waals surface area (Å²) in [5.74, 6) is 1.60. The number of anilines is 4. The molecule has 5 nitrogen and oxygen atoms in total. The maximum atomic E-state index is 9.61. The van der Waals surface area contributed by atoms with Crippen LogP contribution in [0.15, 0.2) is 176 Å². The fourth-order valence-electron chi connectivity index (χ4n) is 13.3. The largest absolute Gasteiger partial charge is 0.457 e. The first-order chi connectivity index (χ1) is 44.5. The van der Waals surface area contributed by atoms with E-state index in [9.17, 15) is 5.48 Å². The monoisotopic (exact) mass is 1160 g/mol. The van der Waals surface area contributed by atoms with E-state index >= 15 is 0 Å². The first-order valence-electron chi connectivity index (χ1n) is 35.6. The van der Waals surface area contributed by atoms with Crippen molar-refractivity contribution in [2.45, 2.75) is 182 Å². The Morgan fingerprint density at radius 1 is 0.471 bits per heavy atom. The SMILES string of the molecule is [2H]c1c([2H])c([2H])c(-c2cc(C(C)(C)C)cc(-c3cc(C(C)(C)C)cc(C(C)(C)C)c3)c2N2CN(c3ccc(C(C)(C)C)c(Oc4ccc5c6c([2H])c([2H])c([2H])c([2H])c6n(-c6cc(C(C)(C)C)c(-c7cccc8c7C(C)(C)CCC8(C)C)cn6)c5c4)c3)c3ccccc32)c([2H])c1[2H]. The summed E-state index contributed by atoms with van der Waals surface area (Å²) < 4.78 is 92.2. The number of benzene rings is 8. The highest BCUT2D eigenvalue weighted by Gasteiger charge is 2.40. The first kappa shape index (κ1) is 49.1. The van der Waals surface area contributed by atoms with Gasteiger partial charge in [0.1, 0.15) is 24.0 Å². The lowest BCUT2D eigenvalue weighted by molar-refractivity contribution is 0.332. The Bertz CT molecular complexity index is 4810. The topological polar surface area (TPSA) is 33.5 Å². The molecule has 446 valence electrons. The molecule has 0 amide bonds. The molecule has 0 N–H and O–H groups in total. The lowest BCUT2D eigenvalue weighted by Gasteiger charge is -2.43. The summed E-state index contributed by atoms with van der Waals surface area (Å²) in [7, 11) is 0. The van der Waals surface area contributed by atoms with Crippen LogP contribution in [0.1, 0.15) is 196 Å². The zero-order valence-electron chi connectivity index (χ0n) is 63.9. The molecule has 12 rings (SSSR count). The van der Waals surface area contributed by atoms with Crippen LogP contribution in [0.3, 0.4) is 0 Å². The van der Waals surface area contributed by atoms with Crippen LogP contribution in [-0.4, -0.2) is 16.2 Å². The smallest absolute Gasteiger partial charge is 0.137 e. The van der Waals surface area contributed by atoms with Crippen LogP contribution in [0.25, 0.3) is 61.0 Å². The van der Waals surface area contributed by atoms with Gasteiger partial charge < -0.3 is 14.5 Å². The normalized spacial score (nSPS) is 16.7. The standard InChI is InChI=1S/C82H92N4O/c1-76(2,3)54-42-53(43-55(44-54)77(4,5)6)63-46-56(78(7,8)9)45-62(52-28-21-20-22-29-52)75(63)85-51-84(69-34-25-26-35-70(69)85)57-36-39-65(79(10,11)12)72(47-57)87-58-37-38-60-59-30-23-24-33-68(59)86(71(60)48-58)73-49-67(80(13,14)15)64(50-83-73)61-31-27-32-66-74(61)82(18,19)41-40-81(66,16)17/h20-39,42-50H,40-41,51H2,1-19H3/i20D,21D,22D,23D,24D,28D,29D,30D,33D. The molecule has 0 atom stereocenters. The van der Waals surface area contributed by atoms with Crippen LogP contribution in [0, 0.1) is 0 Å². The molecule has 2 aliphatic rings. The molecule has 0 spiro atoms. The van der Waals surface area contributed by atoms with Crippen molar-refractivity contribution < 1.29 is 17.1 Å². The number of pyridine rings is 1. The van der Waals surface area contributed by atoms with Crippen molar-refractivity contribution in [3.8, 4) is 50.7 Å². The van der Waals surface area contributed by atoms with Crippen molar-refractivity contribution in [3.63, 3.8) is 0 Å². The van der Waals surface area contributed by atoms with E-state index < -0.39 is 29.0 Å². The third-order valence-electron chi connectivity index (χ3n) is 18.5. The van der Waals surface area contributed by atoms with Crippen LogP contribution in [-0.2, 0) is 37.9 Å². The zero-order valence-corrected chi connectivity index (χ0v) is 54.9. The van der Waals surface area contributed by atoms with E-state index in [-0.39, 0.29) is 75.6 Å². The summed E-state index contributed by atoms with van der Waals surface area (Å²) in [5, 5.41) is 1.02. The average molecular weight is 1160 g/mol. The van der Waals surface area contributed by atoms with Gasteiger partial charge in [0.05, 0.1) is 40.4 Å². The van der Waals surface area contributed by atoms with Gasteiger partial charge in [-0.2, -0.15) is 0 Å². The molecule has 0 saturated carbocycles. The van der Waals surface area contributed by atoms with Gasteiger partial charge >= 0.3 is 0 Å². The quantitative estimate of drug-likeness (QED) is 0.152. The summed E-state index contributed by atoms with van der Waals surface area (Å²) >= 11 is 0. The molecule has 0 fully saturated rings. The van der Waals surface area contributed by atoms with Crippen LogP contribution < -0.4 is 14.5 Å². The minimum absolute atomic E-state index is 0.00773. The minimum atomic E-state index is -0.451. The van der Waals surface area contributed by atoms with E-state index in [0.29, 0.717) is 50.4 Å². The van der Waals surface area contributed by atoms with E-state index in [1.54, 1.807) is 0 Å². The third-order valence-corrected chi connectivity index (χ3v) is 18.5. The summed E-state index contributed by atoms with van der Waals surface area (Å²) in [6.07, 6.45) is 4.10. The summed E-state index contributed by atoms with van der Waals surface area (Å²) in [5.41, 5.74) is 15.1. The van der Waals surface area contributed by atoms with Gasteiger partial charge in [-0.05, 0) is 155 Å². The molecule has 1 aliphatic heterocycles. The Morgan fingerprint density at radius 3 is 1.71 bits per heavy atom. The van der Waals surface area contributed by atoms with Crippen LogP contribution in [0.2, 0.25) is 0 Å². The summed E-state index contributed by atoms with van der Waals surface area (Å²) in [4.78, 5) is 9.80. The van der Waals surface area contributed by atoms with E-state index in [4.69, 9.17) is 16.6 Å². The number of rotatable bonds is 8. The fourth-order valence-corrected chi connectivity index (χ4v) is 13.3. The number of nitrogens with zero attached hydrogens (tertiary/aromatic N) is 4. The molecule has 5 heteroatoms. The highest BCUT2D eigenvalue weighted by molar-refractivity contribution is 6.09. The summed E-state index contributed by atoms with van der Waals surface area (Å²) in [6, 6.07) is 37.4. The molecule has 0 radical (unpaired) electrons. The maximum absolute atomic E-state index is 9.61. The van der Waals surface area contributed by atoms with Crippen LogP contribution in [0.5, 0.6) is 11.5 Å². The highest BCUT2D eigenvalue weighted by Crippen LogP contribution is 2.54. The Morgan fingerprint density at radius 2 is 1.07 bits per heavy atom. The van der Waals surface area contributed by atoms with Gasteiger partial charge in [-0.1, -0.05) is 234 Å². The number of fused-ring (bicyclic) bond motifs is 5. The second-order valence-electron chi connectivity index (χ2n) is 31.1. The van der Waals surface area contributed by atoms with Gasteiger partial charge in [0, 0.05) is 57.0 Å². The Kier molecular flexibility index (Phi) is 11.8. The Balaban J connectivity index is 1.05. The van der Waals surface area contributed by atoms with E-state index in [1.165, 1.54) is 11.1 Å². The van der Waals surface area contributed by atoms with E-state index in [1.807, 2.05) is 47.2 Å². The van der Waals surface area contributed by atoms with Gasteiger partial charge in [-0.15, -0.1) is 0 Å². The average Bonchev–Trinajstić information content (AvgIpc) is 1.46. The van der Waals surface area contributed by atoms with Crippen molar-refractivity contribution in [1.29, 1.82) is 0 Å². The molecule has 8 aromatic carbocycles. The van der Waals surface area contributed by atoms with E-state index in [2.05, 4.69) is 220 Å². The van der Waals surface area contributed by atoms with Gasteiger partial charge in [-0.25, -0.2) is 4.98 Å². The Hall–Kier alpha value is -7.89. The van der Waals surface area contributed by atoms with Crippen molar-refractivity contribution in [3.05, 3.63) is 215 Å². The first-order valence-corrected chi connectivity index (χ1v) is 31.1. The number of para-hydroxylation sites is 3. The van der Waals surface area contributed by atoms with E-state index in [0.717, 1.165) is 80.0 Å². The zero-order chi connectivity index (χ0) is 70.0. The predicted octanol–water partition coefficient (Wildman–Crippen LogP) is 23.1. The van der Waals surface area contributed by atoms with Gasteiger partial charge in [0.25, 0.3) is 0 Å². The maximum Gasteiger partial charge on any atom is 0.137 e. The summed E-state index contributed by atoms with van der Waals surface area (Å²) in [6.45, 7) is 42.5. The molecule has 1 aliphatic carbocycles. The van der Waals surface area contributed by atoms with Gasteiger partial charge in [0.15, 0.2) is 0 Å². The fraction of sp³-hybridized carbons (Fsp3) is 0.354. The second kappa shape index (κ2) is 20.9. The molecule has 3 heterocycles. The van der Waals surface area contributed by atoms with Crippen LogP contribution >= 0.6 is 0 Å². The van der Waals surface area contributed by atoms with Crippen molar-refractivity contribution >= 4 is 44.6 Å². The lowest BCUT2D eigenvalue weighted by atomic mass is 9.61.